The number of nitrogens with one attached hydrogen (secondary N) is 1. The van der Waals surface area contributed by atoms with Crippen LogP contribution in [-0.4, -0.2) is 36.1 Å². The zero-order valence-electron chi connectivity index (χ0n) is 16.2. The summed E-state index contributed by atoms with van der Waals surface area (Å²) in [4.78, 5) is 14.5. The Bertz CT molecular complexity index is 809. The molecule has 1 N–H and O–H groups in total. The van der Waals surface area contributed by atoms with Crippen LogP contribution in [0.2, 0.25) is 0 Å². The van der Waals surface area contributed by atoms with E-state index < -0.39 is 0 Å². The third-order valence-electron chi connectivity index (χ3n) is 4.72. The standard InChI is InChI=1S/C23H25N3O2/c1-17-15-26(16-18(2)28-17)23(27)21(13-24)14-25-22(19-9-5-3-6-10-19)20-11-7-4-8-12-20/h3-12,14,17-18,22,25H,15-16H2,1-2H3/b21-14-. The Kier molecular flexibility index (Phi) is 6.46. The third kappa shape index (κ3) is 4.79. The number of nitriles is 1. The number of hydrogen-bond donors (Lipinski definition) is 1. The van der Waals surface area contributed by atoms with Gasteiger partial charge in [-0.3, -0.25) is 4.79 Å². The van der Waals surface area contributed by atoms with E-state index in [0.717, 1.165) is 11.1 Å². The Balaban J connectivity index is 1.82. The lowest BCUT2D eigenvalue weighted by Gasteiger charge is -2.35. The van der Waals surface area contributed by atoms with E-state index in [2.05, 4.69) is 11.4 Å². The summed E-state index contributed by atoms with van der Waals surface area (Å²) in [6.45, 7) is 4.85. The van der Waals surface area contributed by atoms with Crippen molar-refractivity contribution < 1.29 is 9.53 Å². The first-order chi connectivity index (χ1) is 13.6. The highest BCUT2D eigenvalue weighted by Gasteiger charge is 2.28. The molecule has 1 aliphatic rings. The van der Waals surface area contributed by atoms with E-state index >= 15 is 0 Å². The number of rotatable bonds is 5. The van der Waals surface area contributed by atoms with Crippen LogP contribution in [0.25, 0.3) is 0 Å². The van der Waals surface area contributed by atoms with Crippen LogP contribution in [-0.2, 0) is 9.53 Å². The molecule has 3 rings (SSSR count). The smallest absolute Gasteiger partial charge is 0.266 e. The second-order valence-electron chi connectivity index (χ2n) is 7.06. The first-order valence-electron chi connectivity index (χ1n) is 9.49. The fraction of sp³-hybridized carbons (Fsp3) is 0.304. The van der Waals surface area contributed by atoms with Crippen LogP contribution in [0.1, 0.15) is 31.0 Å². The van der Waals surface area contributed by atoms with Crippen LogP contribution >= 0.6 is 0 Å². The van der Waals surface area contributed by atoms with Gasteiger partial charge in [0, 0.05) is 19.3 Å². The number of carbonyl (C=O) groups excluding carboxylic acids is 1. The zero-order valence-corrected chi connectivity index (χ0v) is 16.2. The summed E-state index contributed by atoms with van der Waals surface area (Å²) in [6.07, 6.45) is 1.46. The number of morpholine rings is 1. The molecule has 0 bridgehead atoms. The Morgan fingerprint density at radius 1 is 1.07 bits per heavy atom. The maximum Gasteiger partial charge on any atom is 0.266 e. The number of carbonyl (C=O) groups is 1. The summed E-state index contributed by atoms with van der Waals surface area (Å²) >= 11 is 0. The van der Waals surface area contributed by atoms with Gasteiger partial charge in [-0.15, -0.1) is 0 Å². The fourth-order valence-electron chi connectivity index (χ4n) is 3.50. The highest BCUT2D eigenvalue weighted by molar-refractivity contribution is 5.97. The molecule has 5 heteroatoms. The van der Waals surface area contributed by atoms with Crippen molar-refractivity contribution in [3.8, 4) is 6.07 Å². The highest BCUT2D eigenvalue weighted by atomic mass is 16.5. The molecule has 0 radical (unpaired) electrons. The van der Waals surface area contributed by atoms with Crippen LogP contribution in [0, 0.1) is 11.3 Å². The van der Waals surface area contributed by atoms with Crippen molar-refractivity contribution in [1.29, 1.82) is 5.26 Å². The van der Waals surface area contributed by atoms with E-state index in [1.165, 1.54) is 6.20 Å². The van der Waals surface area contributed by atoms with Gasteiger partial charge in [-0.2, -0.15) is 5.26 Å². The lowest BCUT2D eigenvalue weighted by Crippen LogP contribution is -2.48. The van der Waals surface area contributed by atoms with Gasteiger partial charge in [0.2, 0.25) is 0 Å². The molecule has 2 aromatic rings. The first kappa shape index (κ1) is 19.7. The van der Waals surface area contributed by atoms with Crippen molar-refractivity contribution in [3.63, 3.8) is 0 Å². The van der Waals surface area contributed by atoms with Crippen molar-refractivity contribution in [2.75, 3.05) is 13.1 Å². The molecule has 5 nitrogen and oxygen atoms in total. The average molecular weight is 375 g/mol. The largest absolute Gasteiger partial charge is 0.379 e. The maximum absolute atomic E-state index is 12.8. The van der Waals surface area contributed by atoms with Gasteiger partial charge in [-0.05, 0) is 25.0 Å². The summed E-state index contributed by atoms with van der Waals surface area (Å²) in [5, 5.41) is 12.9. The number of nitrogens with zero attached hydrogens (tertiary/aromatic N) is 2. The van der Waals surface area contributed by atoms with Gasteiger partial charge in [0.25, 0.3) is 5.91 Å². The molecule has 28 heavy (non-hydrogen) atoms. The predicted molar refractivity (Wildman–Crippen MR) is 108 cm³/mol. The van der Waals surface area contributed by atoms with Gasteiger partial charge in [-0.1, -0.05) is 60.7 Å². The van der Waals surface area contributed by atoms with Crippen molar-refractivity contribution in [2.24, 2.45) is 0 Å². The molecule has 2 unspecified atom stereocenters. The number of benzene rings is 2. The van der Waals surface area contributed by atoms with Gasteiger partial charge in [0.15, 0.2) is 0 Å². The Morgan fingerprint density at radius 2 is 1.57 bits per heavy atom. The van der Waals surface area contributed by atoms with Crippen molar-refractivity contribution in [1.82, 2.24) is 10.2 Å². The number of amides is 1. The number of ether oxygens (including phenoxy) is 1. The lowest BCUT2D eigenvalue weighted by atomic mass is 9.99. The molecule has 0 saturated carbocycles. The molecule has 0 spiro atoms. The van der Waals surface area contributed by atoms with Gasteiger partial charge in [0.05, 0.1) is 18.2 Å². The second-order valence-corrected chi connectivity index (χ2v) is 7.06. The fourth-order valence-corrected chi connectivity index (χ4v) is 3.50. The Hall–Kier alpha value is -3.10. The van der Waals surface area contributed by atoms with E-state index in [9.17, 15) is 10.1 Å². The van der Waals surface area contributed by atoms with E-state index in [1.54, 1.807) is 4.90 Å². The topological polar surface area (TPSA) is 65.4 Å². The quantitative estimate of drug-likeness (QED) is 0.642. The summed E-state index contributed by atoms with van der Waals surface area (Å²) in [5.74, 6) is -0.267. The predicted octanol–water partition coefficient (Wildman–Crippen LogP) is 3.41. The molecule has 1 heterocycles. The van der Waals surface area contributed by atoms with Crippen LogP contribution in [0.5, 0.6) is 0 Å². The minimum Gasteiger partial charge on any atom is -0.379 e. The minimum atomic E-state index is -0.267. The molecule has 144 valence electrons. The van der Waals surface area contributed by atoms with Crippen LogP contribution in [0.4, 0.5) is 0 Å². The zero-order chi connectivity index (χ0) is 19.9. The second kappa shape index (κ2) is 9.20. The Morgan fingerprint density at radius 3 is 2.04 bits per heavy atom. The molecule has 1 amide bonds. The van der Waals surface area contributed by atoms with E-state index in [-0.39, 0.29) is 29.7 Å². The van der Waals surface area contributed by atoms with Crippen molar-refractivity contribution in [2.45, 2.75) is 32.1 Å². The molecule has 1 aliphatic heterocycles. The van der Waals surface area contributed by atoms with Gasteiger partial charge in [-0.25, -0.2) is 0 Å². The monoisotopic (exact) mass is 375 g/mol. The Labute approximate surface area is 166 Å². The summed E-state index contributed by atoms with van der Waals surface area (Å²) in [5.41, 5.74) is 2.21. The molecule has 2 atom stereocenters. The molecule has 0 aliphatic carbocycles. The highest BCUT2D eigenvalue weighted by Crippen LogP contribution is 2.22. The summed E-state index contributed by atoms with van der Waals surface area (Å²) in [7, 11) is 0. The maximum atomic E-state index is 12.8. The summed E-state index contributed by atoms with van der Waals surface area (Å²) in [6, 6.07) is 21.8. The van der Waals surface area contributed by atoms with Gasteiger partial charge >= 0.3 is 0 Å². The van der Waals surface area contributed by atoms with Crippen molar-refractivity contribution in [3.05, 3.63) is 83.6 Å². The number of hydrogen-bond acceptors (Lipinski definition) is 4. The van der Waals surface area contributed by atoms with E-state index in [4.69, 9.17) is 4.74 Å². The third-order valence-corrected chi connectivity index (χ3v) is 4.72. The van der Waals surface area contributed by atoms with Crippen LogP contribution in [0.15, 0.2) is 72.4 Å². The summed E-state index contributed by atoms with van der Waals surface area (Å²) < 4.78 is 5.68. The van der Waals surface area contributed by atoms with Gasteiger partial charge in [0.1, 0.15) is 11.6 Å². The first-order valence-corrected chi connectivity index (χ1v) is 9.49. The minimum absolute atomic E-state index is 0.0398. The molecular weight excluding hydrogens is 350 g/mol. The van der Waals surface area contributed by atoms with Crippen LogP contribution < -0.4 is 5.32 Å². The molecule has 2 aromatic carbocycles. The molecule has 1 saturated heterocycles. The van der Waals surface area contributed by atoms with E-state index in [1.807, 2.05) is 74.5 Å². The lowest BCUT2D eigenvalue weighted by molar-refractivity contribution is -0.138. The SMILES string of the molecule is CC1CN(C(=O)/C(C#N)=C\NC(c2ccccc2)c2ccccc2)CC(C)O1. The van der Waals surface area contributed by atoms with Crippen LogP contribution in [0.3, 0.4) is 0 Å². The van der Waals surface area contributed by atoms with E-state index in [0.29, 0.717) is 13.1 Å². The van der Waals surface area contributed by atoms with Gasteiger partial charge < -0.3 is 15.0 Å². The molecular formula is C23H25N3O2. The average Bonchev–Trinajstić information content (AvgIpc) is 2.71. The molecule has 1 fully saturated rings. The van der Waals surface area contributed by atoms with Crippen molar-refractivity contribution >= 4 is 5.91 Å². The molecule has 0 aromatic heterocycles. The normalized spacial score (nSPS) is 19.9.